The summed E-state index contributed by atoms with van der Waals surface area (Å²) in [4.78, 5) is 23.7. The number of benzene rings is 1. The number of hydrogen-bond acceptors (Lipinski definition) is 2. The highest BCUT2D eigenvalue weighted by Gasteiger charge is 2.36. The molecule has 1 aromatic rings. The highest BCUT2D eigenvalue weighted by atomic mass is 19.3. The first-order valence-corrected chi connectivity index (χ1v) is 7.10. The standard InChI is InChI=1S/C16H19F2NO2/c1-9(2)7-13-12(8-14(20)19-16(13)21)10-3-5-11(6-4-10)15(17)18/h3-6,9,12-13,15H,7-8H2,1-2H3,(H,19,20,21). The van der Waals surface area contributed by atoms with Crippen LogP contribution in [0.3, 0.4) is 0 Å². The van der Waals surface area contributed by atoms with E-state index in [0.717, 1.165) is 5.56 Å². The van der Waals surface area contributed by atoms with Crippen molar-refractivity contribution in [3.8, 4) is 0 Å². The van der Waals surface area contributed by atoms with E-state index in [1.165, 1.54) is 12.1 Å². The van der Waals surface area contributed by atoms with Gasteiger partial charge in [-0.2, -0.15) is 0 Å². The fourth-order valence-electron chi connectivity index (χ4n) is 2.82. The van der Waals surface area contributed by atoms with E-state index in [1.807, 2.05) is 13.8 Å². The van der Waals surface area contributed by atoms with Crippen LogP contribution in [0, 0.1) is 11.8 Å². The molecule has 2 atom stereocenters. The van der Waals surface area contributed by atoms with E-state index in [4.69, 9.17) is 0 Å². The van der Waals surface area contributed by atoms with Gasteiger partial charge in [0.25, 0.3) is 6.43 Å². The fourth-order valence-corrected chi connectivity index (χ4v) is 2.82. The molecule has 114 valence electrons. The molecule has 1 N–H and O–H groups in total. The van der Waals surface area contributed by atoms with Crippen molar-refractivity contribution < 1.29 is 18.4 Å². The van der Waals surface area contributed by atoms with Crippen LogP contribution in [0.15, 0.2) is 24.3 Å². The van der Waals surface area contributed by atoms with Crippen molar-refractivity contribution in [2.75, 3.05) is 0 Å². The van der Waals surface area contributed by atoms with Crippen LogP contribution in [-0.2, 0) is 9.59 Å². The van der Waals surface area contributed by atoms with Gasteiger partial charge in [0, 0.05) is 23.8 Å². The summed E-state index contributed by atoms with van der Waals surface area (Å²) < 4.78 is 25.2. The van der Waals surface area contributed by atoms with Crippen molar-refractivity contribution in [3.05, 3.63) is 35.4 Å². The Morgan fingerprint density at radius 3 is 2.33 bits per heavy atom. The van der Waals surface area contributed by atoms with Gasteiger partial charge in [0.1, 0.15) is 0 Å². The largest absolute Gasteiger partial charge is 0.296 e. The Hall–Kier alpha value is -1.78. The van der Waals surface area contributed by atoms with Gasteiger partial charge in [-0.3, -0.25) is 14.9 Å². The molecule has 1 aromatic carbocycles. The molecule has 3 nitrogen and oxygen atoms in total. The Kier molecular flexibility index (Phi) is 4.70. The van der Waals surface area contributed by atoms with Gasteiger partial charge in [-0.25, -0.2) is 8.78 Å². The van der Waals surface area contributed by atoms with Crippen LogP contribution >= 0.6 is 0 Å². The molecule has 0 bridgehead atoms. The molecule has 1 aliphatic rings. The summed E-state index contributed by atoms with van der Waals surface area (Å²) in [6.07, 6.45) is -1.63. The third-order valence-electron chi connectivity index (χ3n) is 3.83. The number of rotatable bonds is 4. The van der Waals surface area contributed by atoms with E-state index in [0.29, 0.717) is 12.3 Å². The molecule has 2 amide bonds. The molecule has 1 saturated heterocycles. The minimum Gasteiger partial charge on any atom is -0.296 e. The molecule has 1 aliphatic heterocycles. The average Bonchev–Trinajstić information content (AvgIpc) is 2.41. The Morgan fingerprint density at radius 1 is 1.19 bits per heavy atom. The first-order valence-electron chi connectivity index (χ1n) is 7.10. The molecule has 2 rings (SSSR count). The number of carbonyl (C=O) groups excluding carboxylic acids is 2. The first-order chi connectivity index (χ1) is 9.88. The summed E-state index contributed by atoms with van der Waals surface area (Å²) in [7, 11) is 0. The maximum atomic E-state index is 12.6. The summed E-state index contributed by atoms with van der Waals surface area (Å²) in [6.45, 7) is 4.03. The Morgan fingerprint density at radius 2 is 1.81 bits per heavy atom. The minimum absolute atomic E-state index is 0.0502. The zero-order chi connectivity index (χ0) is 15.6. The summed E-state index contributed by atoms with van der Waals surface area (Å²) in [5.41, 5.74) is 0.721. The minimum atomic E-state index is -2.51. The molecule has 1 fully saturated rings. The van der Waals surface area contributed by atoms with Gasteiger partial charge in [0.2, 0.25) is 11.8 Å². The van der Waals surface area contributed by atoms with Crippen LogP contribution in [0.2, 0.25) is 0 Å². The molecule has 5 heteroatoms. The van der Waals surface area contributed by atoms with E-state index in [2.05, 4.69) is 5.32 Å². The Bertz CT molecular complexity index is 526. The summed E-state index contributed by atoms with van der Waals surface area (Å²) in [5, 5.41) is 2.37. The lowest BCUT2D eigenvalue weighted by atomic mass is 9.76. The van der Waals surface area contributed by atoms with Gasteiger partial charge in [-0.1, -0.05) is 38.1 Å². The number of nitrogens with one attached hydrogen (secondary N) is 1. The molecule has 0 aromatic heterocycles. The van der Waals surface area contributed by atoms with Gasteiger partial charge < -0.3 is 0 Å². The second kappa shape index (κ2) is 6.33. The van der Waals surface area contributed by atoms with E-state index in [9.17, 15) is 18.4 Å². The average molecular weight is 295 g/mol. The van der Waals surface area contributed by atoms with Crippen LogP contribution in [0.25, 0.3) is 0 Å². The summed E-state index contributed by atoms with van der Waals surface area (Å²) >= 11 is 0. The summed E-state index contributed by atoms with van der Waals surface area (Å²) in [5.74, 6) is -0.775. The third-order valence-corrected chi connectivity index (χ3v) is 3.83. The molecular weight excluding hydrogens is 276 g/mol. The molecule has 21 heavy (non-hydrogen) atoms. The summed E-state index contributed by atoms with van der Waals surface area (Å²) in [6, 6.07) is 5.93. The van der Waals surface area contributed by atoms with E-state index in [1.54, 1.807) is 12.1 Å². The van der Waals surface area contributed by atoms with Gasteiger partial charge in [-0.05, 0) is 17.9 Å². The number of alkyl halides is 2. The van der Waals surface area contributed by atoms with Gasteiger partial charge in [0.05, 0.1) is 0 Å². The number of amides is 2. The van der Waals surface area contributed by atoms with E-state index >= 15 is 0 Å². The van der Waals surface area contributed by atoms with Crippen molar-refractivity contribution >= 4 is 11.8 Å². The van der Waals surface area contributed by atoms with Crippen molar-refractivity contribution in [1.29, 1.82) is 0 Å². The first kappa shape index (κ1) is 15.6. The highest BCUT2D eigenvalue weighted by Crippen LogP contribution is 2.36. The molecule has 1 heterocycles. The predicted molar refractivity (Wildman–Crippen MR) is 74.9 cm³/mol. The molecular formula is C16H19F2NO2. The molecule has 0 aliphatic carbocycles. The van der Waals surface area contributed by atoms with E-state index < -0.39 is 6.43 Å². The number of piperidine rings is 1. The number of imide groups is 1. The van der Waals surface area contributed by atoms with E-state index in [-0.39, 0.29) is 35.6 Å². The molecule has 0 saturated carbocycles. The van der Waals surface area contributed by atoms with Crippen molar-refractivity contribution in [2.45, 2.75) is 39.0 Å². The van der Waals surface area contributed by atoms with Crippen molar-refractivity contribution in [3.63, 3.8) is 0 Å². The topological polar surface area (TPSA) is 46.2 Å². The lowest BCUT2D eigenvalue weighted by Crippen LogP contribution is -2.45. The number of halogens is 2. The zero-order valence-corrected chi connectivity index (χ0v) is 12.1. The van der Waals surface area contributed by atoms with Gasteiger partial charge in [0.15, 0.2) is 0 Å². The van der Waals surface area contributed by atoms with Crippen LogP contribution < -0.4 is 5.32 Å². The predicted octanol–water partition coefficient (Wildman–Crippen LogP) is 3.42. The highest BCUT2D eigenvalue weighted by molar-refractivity contribution is 5.99. The van der Waals surface area contributed by atoms with Crippen molar-refractivity contribution in [2.24, 2.45) is 11.8 Å². The monoisotopic (exact) mass is 295 g/mol. The molecule has 2 unspecified atom stereocenters. The molecule has 0 spiro atoms. The third kappa shape index (κ3) is 3.65. The zero-order valence-electron chi connectivity index (χ0n) is 12.1. The maximum absolute atomic E-state index is 12.6. The second-order valence-corrected chi connectivity index (χ2v) is 5.93. The number of hydrogen-bond donors (Lipinski definition) is 1. The van der Waals surface area contributed by atoms with Crippen LogP contribution in [0.4, 0.5) is 8.78 Å². The Balaban J connectivity index is 2.27. The van der Waals surface area contributed by atoms with Crippen LogP contribution in [-0.4, -0.2) is 11.8 Å². The van der Waals surface area contributed by atoms with Crippen LogP contribution in [0.1, 0.15) is 50.2 Å². The fraction of sp³-hybridized carbons (Fsp3) is 0.500. The van der Waals surface area contributed by atoms with Gasteiger partial charge in [-0.15, -0.1) is 0 Å². The second-order valence-electron chi connectivity index (χ2n) is 5.93. The van der Waals surface area contributed by atoms with Crippen molar-refractivity contribution in [1.82, 2.24) is 5.32 Å². The van der Waals surface area contributed by atoms with Gasteiger partial charge >= 0.3 is 0 Å². The maximum Gasteiger partial charge on any atom is 0.263 e. The Labute approximate surface area is 122 Å². The molecule has 0 radical (unpaired) electrons. The normalized spacial score (nSPS) is 22.8. The smallest absolute Gasteiger partial charge is 0.263 e. The number of carbonyl (C=O) groups is 2. The quantitative estimate of drug-likeness (QED) is 0.865. The van der Waals surface area contributed by atoms with Crippen LogP contribution in [0.5, 0.6) is 0 Å². The SMILES string of the molecule is CC(C)CC1C(=O)NC(=O)CC1c1ccc(C(F)F)cc1. The lowest BCUT2D eigenvalue weighted by molar-refractivity contribution is -0.137. The lowest BCUT2D eigenvalue weighted by Gasteiger charge is -2.31.